The van der Waals surface area contributed by atoms with Crippen molar-refractivity contribution < 1.29 is 13.2 Å². The van der Waals surface area contributed by atoms with Crippen molar-refractivity contribution in [2.24, 2.45) is 5.92 Å². The first kappa shape index (κ1) is 23.1. The summed E-state index contributed by atoms with van der Waals surface area (Å²) in [6.45, 7) is 4.16. The van der Waals surface area contributed by atoms with Crippen LogP contribution in [-0.4, -0.2) is 0 Å². The number of allylic oxidation sites excluding steroid dienone is 2. The molecule has 172 valence electrons. The quantitative estimate of drug-likeness (QED) is 0.378. The molecule has 0 nitrogen and oxygen atoms in total. The van der Waals surface area contributed by atoms with Gasteiger partial charge in [-0.15, -0.1) is 0 Å². The van der Waals surface area contributed by atoms with Crippen LogP contribution in [0.2, 0.25) is 0 Å². The van der Waals surface area contributed by atoms with Crippen LogP contribution in [0.25, 0.3) is 5.57 Å². The lowest BCUT2D eigenvalue weighted by Gasteiger charge is -2.29. The average molecular weight is 441 g/mol. The molecule has 2 aliphatic rings. The smallest absolute Gasteiger partial charge is 0.166 e. The molecule has 0 saturated heterocycles. The lowest BCUT2D eigenvalue weighted by Crippen LogP contribution is -2.15. The van der Waals surface area contributed by atoms with Crippen LogP contribution in [0, 0.1) is 23.4 Å². The van der Waals surface area contributed by atoms with Gasteiger partial charge in [-0.25, -0.2) is 13.2 Å². The van der Waals surface area contributed by atoms with Crippen LogP contribution in [0.3, 0.4) is 0 Å². The number of hydrogen-bond acceptors (Lipinski definition) is 0. The number of hydrogen-bond donors (Lipinski definition) is 0. The van der Waals surface area contributed by atoms with Crippen molar-refractivity contribution in [3.63, 3.8) is 0 Å². The molecular formula is C29H35F3. The summed E-state index contributed by atoms with van der Waals surface area (Å²) in [6, 6.07) is 7.03. The monoisotopic (exact) mass is 440 g/mol. The van der Waals surface area contributed by atoms with Crippen LogP contribution < -0.4 is 0 Å². The summed E-state index contributed by atoms with van der Waals surface area (Å²) in [6.07, 6.45) is 12.9. The summed E-state index contributed by atoms with van der Waals surface area (Å²) in [5.74, 6) is -0.779. The predicted molar refractivity (Wildman–Crippen MR) is 126 cm³/mol. The number of rotatable bonds is 7. The minimum absolute atomic E-state index is 0.114. The lowest BCUT2D eigenvalue weighted by molar-refractivity contribution is 0.298. The van der Waals surface area contributed by atoms with E-state index in [9.17, 15) is 4.39 Å². The van der Waals surface area contributed by atoms with E-state index in [4.69, 9.17) is 0 Å². The molecule has 0 bridgehead atoms. The van der Waals surface area contributed by atoms with E-state index < -0.39 is 11.6 Å². The molecule has 0 aromatic heterocycles. The third-order valence-corrected chi connectivity index (χ3v) is 7.66. The summed E-state index contributed by atoms with van der Waals surface area (Å²) in [4.78, 5) is 0. The highest BCUT2D eigenvalue weighted by Crippen LogP contribution is 2.40. The molecule has 3 heteroatoms. The fraction of sp³-hybridized carbons (Fsp3) is 0.517. The molecule has 0 unspecified atom stereocenters. The molecule has 2 aromatic rings. The van der Waals surface area contributed by atoms with Gasteiger partial charge in [0.25, 0.3) is 0 Å². The largest absolute Gasteiger partial charge is 0.207 e. The van der Waals surface area contributed by atoms with Crippen molar-refractivity contribution in [1.82, 2.24) is 0 Å². The van der Waals surface area contributed by atoms with Gasteiger partial charge in [-0.05, 0) is 90.7 Å². The molecule has 2 aromatic carbocycles. The maximum absolute atomic E-state index is 15.2. The van der Waals surface area contributed by atoms with Gasteiger partial charge >= 0.3 is 0 Å². The standard InChI is InChI=1S/C29H35F3/c1-3-5-6-7-19-8-10-21(11-9-19)25-14-15-26(29(32)28(25)31)23-13-12-22-16-20(4-2)27(30)18-24(22)17-23/h13-16,18-19,21H,3-12,17H2,1-2H3. The second-order valence-electron chi connectivity index (χ2n) is 9.72. The van der Waals surface area contributed by atoms with Crippen molar-refractivity contribution in [3.05, 3.63) is 75.6 Å². The van der Waals surface area contributed by atoms with E-state index in [1.54, 1.807) is 18.2 Å². The Bertz CT molecular complexity index is 980. The molecule has 1 fully saturated rings. The maximum Gasteiger partial charge on any atom is 0.166 e. The van der Waals surface area contributed by atoms with Crippen LogP contribution in [0.1, 0.15) is 98.9 Å². The van der Waals surface area contributed by atoms with Gasteiger partial charge in [0.1, 0.15) is 5.82 Å². The Morgan fingerprint density at radius 3 is 2.38 bits per heavy atom. The molecule has 0 radical (unpaired) electrons. The molecule has 0 atom stereocenters. The molecule has 4 rings (SSSR count). The zero-order chi connectivity index (χ0) is 22.7. The third-order valence-electron chi connectivity index (χ3n) is 7.66. The highest BCUT2D eigenvalue weighted by molar-refractivity contribution is 5.71. The Morgan fingerprint density at radius 1 is 0.875 bits per heavy atom. The number of benzene rings is 2. The fourth-order valence-corrected chi connectivity index (χ4v) is 5.62. The highest BCUT2D eigenvalue weighted by Gasteiger charge is 2.27. The summed E-state index contributed by atoms with van der Waals surface area (Å²) in [5, 5.41) is 0. The van der Waals surface area contributed by atoms with Crippen molar-refractivity contribution in [3.8, 4) is 0 Å². The molecule has 1 saturated carbocycles. The van der Waals surface area contributed by atoms with Crippen LogP contribution in [0.5, 0.6) is 0 Å². The van der Waals surface area contributed by atoms with Gasteiger partial charge in [0, 0.05) is 5.56 Å². The first-order valence-electron chi connectivity index (χ1n) is 12.5. The number of aryl methyl sites for hydroxylation is 1. The van der Waals surface area contributed by atoms with Crippen molar-refractivity contribution >= 4 is 5.57 Å². The van der Waals surface area contributed by atoms with Gasteiger partial charge in [-0.3, -0.25) is 0 Å². The molecule has 0 aliphatic heterocycles. The first-order chi connectivity index (χ1) is 15.5. The highest BCUT2D eigenvalue weighted by atomic mass is 19.2. The Hall–Kier alpha value is -2.03. The van der Waals surface area contributed by atoms with E-state index in [2.05, 4.69) is 6.92 Å². The van der Waals surface area contributed by atoms with Crippen molar-refractivity contribution in [2.75, 3.05) is 0 Å². The maximum atomic E-state index is 15.2. The Morgan fingerprint density at radius 2 is 1.66 bits per heavy atom. The summed E-state index contributed by atoms with van der Waals surface area (Å²) in [7, 11) is 0. The molecule has 2 aliphatic carbocycles. The predicted octanol–water partition coefficient (Wildman–Crippen LogP) is 8.70. The lowest BCUT2D eigenvalue weighted by atomic mass is 9.76. The zero-order valence-electron chi connectivity index (χ0n) is 19.5. The molecular weight excluding hydrogens is 405 g/mol. The van der Waals surface area contributed by atoms with Crippen molar-refractivity contribution in [2.45, 2.75) is 90.4 Å². The molecule has 0 N–H and O–H groups in total. The van der Waals surface area contributed by atoms with Crippen LogP contribution in [-0.2, 0) is 19.3 Å². The van der Waals surface area contributed by atoms with Crippen LogP contribution >= 0.6 is 0 Å². The van der Waals surface area contributed by atoms with Gasteiger partial charge < -0.3 is 0 Å². The van der Waals surface area contributed by atoms with Crippen LogP contribution in [0.15, 0.2) is 30.3 Å². The van der Waals surface area contributed by atoms with E-state index >= 15 is 8.78 Å². The van der Waals surface area contributed by atoms with E-state index in [1.807, 2.05) is 19.1 Å². The normalized spacial score (nSPS) is 20.7. The zero-order valence-corrected chi connectivity index (χ0v) is 19.5. The van der Waals surface area contributed by atoms with E-state index in [0.717, 1.165) is 48.3 Å². The number of unbranched alkanes of at least 4 members (excludes halogenated alkanes) is 2. The second kappa shape index (κ2) is 10.3. The Kier molecular flexibility index (Phi) is 7.43. The Labute approximate surface area is 190 Å². The van der Waals surface area contributed by atoms with Gasteiger partial charge in [0.15, 0.2) is 11.6 Å². The Balaban J connectivity index is 1.47. The topological polar surface area (TPSA) is 0 Å². The van der Waals surface area contributed by atoms with Crippen LogP contribution in [0.4, 0.5) is 13.2 Å². The third kappa shape index (κ3) is 4.82. The van der Waals surface area contributed by atoms with Gasteiger partial charge in [-0.1, -0.05) is 63.8 Å². The molecule has 0 spiro atoms. The van der Waals surface area contributed by atoms with Gasteiger partial charge in [0.05, 0.1) is 0 Å². The number of fused-ring (bicyclic) bond motifs is 1. The number of halogens is 3. The SMILES string of the molecule is CCCCCC1CCC(c2ccc(C3=CCc4cc(CC)c(F)cc4C3)c(F)c2F)CC1. The van der Waals surface area contributed by atoms with Gasteiger partial charge in [0.2, 0.25) is 0 Å². The summed E-state index contributed by atoms with van der Waals surface area (Å²) in [5.41, 5.74) is 4.28. The summed E-state index contributed by atoms with van der Waals surface area (Å²) < 4.78 is 44.6. The average Bonchev–Trinajstić information content (AvgIpc) is 2.81. The first-order valence-corrected chi connectivity index (χ1v) is 12.5. The molecule has 0 amide bonds. The minimum atomic E-state index is -0.743. The molecule has 0 heterocycles. The van der Waals surface area contributed by atoms with Crippen molar-refractivity contribution in [1.29, 1.82) is 0 Å². The minimum Gasteiger partial charge on any atom is -0.207 e. The summed E-state index contributed by atoms with van der Waals surface area (Å²) >= 11 is 0. The van der Waals surface area contributed by atoms with Gasteiger partial charge in [-0.2, -0.15) is 0 Å². The van der Waals surface area contributed by atoms with E-state index in [1.165, 1.54) is 25.7 Å². The molecule has 32 heavy (non-hydrogen) atoms. The van der Waals surface area contributed by atoms with E-state index in [0.29, 0.717) is 36.0 Å². The fourth-order valence-electron chi connectivity index (χ4n) is 5.62. The van der Waals surface area contributed by atoms with E-state index in [-0.39, 0.29) is 11.7 Å². The second-order valence-corrected chi connectivity index (χ2v) is 9.72.